The lowest BCUT2D eigenvalue weighted by molar-refractivity contribution is 0.203. The zero-order valence-corrected chi connectivity index (χ0v) is 19.9. The van der Waals surface area contributed by atoms with E-state index in [1.807, 2.05) is 26.0 Å². The van der Waals surface area contributed by atoms with Gasteiger partial charge in [-0.3, -0.25) is 5.84 Å². The van der Waals surface area contributed by atoms with Gasteiger partial charge in [-0.05, 0) is 51.4 Å². The van der Waals surface area contributed by atoms with Crippen molar-refractivity contribution in [2.75, 3.05) is 19.0 Å². The first-order valence-electron chi connectivity index (χ1n) is 9.82. The molecule has 27 heavy (non-hydrogen) atoms. The van der Waals surface area contributed by atoms with Crippen molar-refractivity contribution in [1.82, 2.24) is 4.90 Å². The zero-order chi connectivity index (χ0) is 21.8. The Balaban J connectivity index is 0. The van der Waals surface area contributed by atoms with Crippen molar-refractivity contribution < 1.29 is 0 Å². The van der Waals surface area contributed by atoms with Crippen LogP contribution in [-0.4, -0.2) is 29.3 Å². The van der Waals surface area contributed by atoms with Crippen LogP contribution in [0.2, 0.25) is 0 Å². The minimum absolute atomic E-state index is 0.0265. The molecule has 5 heteroatoms. The predicted molar refractivity (Wildman–Crippen MR) is 127 cm³/mol. The van der Waals surface area contributed by atoms with E-state index in [0.29, 0.717) is 17.9 Å². The van der Waals surface area contributed by atoms with Crippen LogP contribution in [0.4, 0.5) is 5.69 Å². The summed E-state index contributed by atoms with van der Waals surface area (Å²) in [5.74, 6) is 6.13. The molecular weight excluding hydrogens is 352 g/mol. The van der Waals surface area contributed by atoms with Crippen LogP contribution in [0.3, 0.4) is 0 Å². The van der Waals surface area contributed by atoms with Crippen LogP contribution >= 0.6 is 12.6 Å². The van der Waals surface area contributed by atoms with E-state index in [0.717, 1.165) is 17.9 Å². The highest BCUT2D eigenvalue weighted by atomic mass is 32.1. The molecule has 0 aliphatic rings. The first kappa shape index (κ1) is 28.0. The number of rotatable bonds is 7. The van der Waals surface area contributed by atoms with Gasteiger partial charge in [0.15, 0.2) is 0 Å². The predicted octanol–water partition coefficient (Wildman–Crippen LogP) is 5.25. The Labute approximate surface area is 174 Å². The summed E-state index contributed by atoms with van der Waals surface area (Å²) in [6, 6.07) is 8.53. The summed E-state index contributed by atoms with van der Waals surface area (Å²) >= 11 is 4.51. The van der Waals surface area contributed by atoms with Crippen molar-refractivity contribution in [3.8, 4) is 0 Å². The Bertz CT molecular complexity index is 506. The monoisotopic (exact) mass is 396 g/mol. The second kappa shape index (κ2) is 13.9. The van der Waals surface area contributed by atoms with E-state index in [-0.39, 0.29) is 4.75 Å². The van der Waals surface area contributed by atoms with Crippen molar-refractivity contribution in [3.05, 3.63) is 42.1 Å². The quantitative estimate of drug-likeness (QED) is 0.289. The Kier molecular flexibility index (Phi) is 14.5. The number of benzene rings is 1. The Hall–Kier alpha value is -1.17. The molecule has 0 fully saturated rings. The number of anilines is 1. The van der Waals surface area contributed by atoms with Gasteiger partial charge in [-0.1, -0.05) is 53.3 Å². The van der Waals surface area contributed by atoms with Gasteiger partial charge >= 0.3 is 0 Å². The first-order chi connectivity index (χ1) is 12.4. The molecule has 2 unspecified atom stereocenters. The molecule has 0 aliphatic carbocycles. The third kappa shape index (κ3) is 12.8. The lowest BCUT2D eigenvalue weighted by atomic mass is 9.99. The SMILES string of the molecule is C=C(N)C(C)C(C)N(C)CC(C)(C)S.CC.CC(C)c1ccc(NN)cc1. The number of nitrogens with zero attached hydrogens (tertiary/aromatic N) is 1. The molecule has 1 aromatic rings. The molecule has 158 valence electrons. The summed E-state index contributed by atoms with van der Waals surface area (Å²) in [5.41, 5.74) is 11.3. The number of nitrogen functional groups attached to an aromatic ring is 1. The summed E-state index contributed by atoms with van der Waals surface area (Å²) < 4.78 is 0.0265. The maximum atomic E-state index is 5.70. The average molecular weight is 397 g/mol. The minimum Gasteiger partial charge on any atom is -0.402 e. The van der Waals surface area contributed by atoms with Crippen molar-refractivity contribution in [1.29, 1.82) is 0 Å². The highest BCUT2D eigenvalue weighted by molar-refractivity contribution is 7.81. The lowest BCUT2D eigenvalue weighted by Crippen LogP contribution is -2.42. The summed E-state index contributed by atoms with van der Waals surface area (Å²) in [7, 11) is 2.10. The van der Waals surface area contributed by atoms with Crippen molar-refractivity contribution in [2.24, 2.45) is 17.5 Å². The van der Waals surface area contributed by atoms with Gasteiger partial charge in [0.05, 0.1) is 0 Å². The van der Waals surface area contributed by atoms with Crippen LogP contribution in [0.1, 0.15) is 66.9 Å². The van der Waals surface area contributed by atoms with Crippen LogP contribution in [0, 0.1) is 5.92 Å². The van der Waals surface area contributed by atoms with Crippen LogP contribution in [0.15, 0.2) is 36.5 Å². The van der Waals surface area contributed by atoms with Gasteiger partial charge in [0.2, 0.25) is 0 Å². The minimum atomic E-state index is 0.0265. The van der Waals surface area contributed by atoms with Gasteiger partial charge in [0, 0.05) is 34.6 Å². The molecule has 1 rings (SSSR count). The van der Waals surface area contributed by atoms with E-state index in [2.05, 4.69) is 90.3 Å². The van der Waals surface area contributed by atoms with Gasteiger partial charge in [-0.25, -0.2) is 0 Å². The van der Waals surface area contributed by atoms with Crippen molar-refractivity contribution in [2.45, 2.75) is 72.1 Å². The standard InChI is InChI=1S/C11H24N2S.C9H14N2.C2H6/c1-8(9(2)12)10(3)13(6)7-11(4,5)14;1-7(2)8-3-5-9(11-10)6-4-8;1-2/h8,10,14H,2,7,12H2,1,3-6H3;3-7,11H,10H2,1-2H3;1-2H3. The van der Waals surface area contributed by atoms with Gasteiger partial charge in [0.25, 0.3) is 0 Å². The molecule has 0 radical (unpaired) electrons. The molecule has 5 N–H and O–H groups in total. The topological polar surface area (TPSA) is 67.3 Å². The molecule has 0 bridgehead atoms. The van der Waals surface area contributed by atoms with Crippen molar-refractivity contribution >= 4 is 18.3 Å². The number of nitrogens with two attached hydrogens (primary N) is 2. The maximum absolute atomic E-state index is 5.70. The molecule has 0 amide bonds. The van der Waals surface area contributed by atoms with E-state index in [4.69, 9.17) is 11.6 Å². The Morgan fingerprint density at radius 2 is 1.59 bits per heavy atom. The number of hydrogen-bond donors (Lipinski definition) is 4. The summed E-state index contributed by atoms with van der Waals surface area (Å²) in [6.07, 6.45) is 0. The Morgan fingerprint density at radius 3 is 1.89 bits per heavy atom. The highest BCUT2D eigenvalue weighted by Gasteiger charge is 2.22. The lowest BCUT2D eigenvalue weighted by Gasteiger charge is -2.34. The van der Waals surface area contributed by atoms with E-state index in [9.17, 15) is 0 Å². The Morgan fingerprint density at radius 1 is 1.15 bits per heavy atom. The third-order valence-corrected chi connectivity index (χ3v) is 4.53. The second-order valence-corrected chi connectivity index (χ2v) is 8.96. The normalized spacial score (nSPS) is 13.1. The fourth-order valence-corrected chi connectivity index (χ4v) is 2.63. The van der Waals surface area contributed by atoms with Gasteiger partial charge in [0.1, 0.15) is 0 Å². The molecule has 0 aromatic heterocycles. The molecule has 0 heterocycles. The summed E-state index contributed by atoms with van der Waals surface area (Å²) in [6.45, 7) is 21.6. The van der Waals surface area contributed by atoms with Crippen LogP contribution in [-0.2, 0) is 0 Å². The van der Waals surface area contributed by atoms with E-state index in [1.165, 1.54) is 5.56 Å². The number of hydrazine groups is 1. The fourth-order valence-electron chi connectivity index (χ4n) is 2.41. The molecule has 0 aliphatic heterocycles. The molecular formula is C22H44N4S. The van der Waals surface area contributed by atoms with Crippen LogP contribution < -0.4 is 17.0 Å². The molecule has 2 atom stereocenters. The fraction of sp³-hybridized carbons (Fsp3) is 0.636. The van der Waals surface area contributed by atoms with Crippen molar-refractivity contribution in [3.63, 3.8) is 0 Å². The van der Waals surface area contributed by atoms with Gasteiger partial charge in [-0.15, -0.1) is 0 Å². The number of hydrogen-bond acceptors (Lipinski definition) is 5. The first-order valence-corrected chi connectivity index (χ1v) is 10.3. The smallest absolute Gasteiger partial charge is 0.0485 e. The highest BCUT2D eigenvalue weighted by Crippen LogP contribution is 2.19. The second-order valence-electron chi connectivity index (χ2n) is 7.75. The summed E-state index contributed by atoms with van der Waals surface area (Å²) in [4.78, 5) is 2.27. The maximum Gasteiger partial charge on any atom is 0.0485 e. The number of nitrogens with one attached hydrogen (secondary N) is 1. The van der Waals surface area contributed by atoms with E-state index < -0.39 is 0 Å². The van der Waals surface area contributed by atoms with E-state index in [1.54, 1.807) is 0 Å². The molecule has 0 saturated heterocycles. The van der Waals surface area contributed by atoms with Crippen LogP contribution in [0.5, 0.6) is 0 Å². The van der Waals surface area contributed by atoms with Gasteiger partial charge in [-0.2, -0.15) is 12.6 Å². The average Bonchev–Trinajstić information content (AvgIpc) is 2.61. The van der Waals surface area contributed by atoms with Crippen LogP contribution in [0.25, 0.3) is 0 Å². The molecule has 0 saturated carbocycles. The third-order valence-electron chi connectivity index (χ3n) is 4.38. The summed E-state index contributed by atoms with van der Waals surface area (Å²) in [5, 5.41) is 0. The zero-order valence-electron chi connectivity index (χ0n) is 19.0. The van der Waals surface area contributed by atoms with Gasteiger partial charge < -0.3 is 16.1 Å². The molecule has 4 nitrogen and oxygen atoms in total. The molecule has 1 aromatic carbocycles. The molecule has 0 spiro atoms. The number of thiol groups is 1. The largest absolute Gasteiger partial charge is 0.402 e. The van der Waals surface area contributed by atoms with E-state index >= 15 is 0 Å².